The summed E-state index contributed by atoms with van der Waals surface area (Å²) in [6, 6.07) is 16.6. The van der Waals surface area contributed by atoms with Crippen LogP contribution in [-0.4, -0.2) is 37.6 Å². The molecule has 0 heterocycles. The highest BCUT2D eigenvalue weighted by molar-refractivity contribution is 5.91. The first kappa shape index (κ1) is 21.9. The third-order valence-electron chi connectivity index (χ3n) is 4.21. The molecule has 0 aliphatic carbocycles. The number of carbonyl (C=O) groups is 3. The molecule has 0 bridgehead atoms. The number of aryl methyl sites for hydroxylation is 1. The average Bonchev–Trinajstić information content (AvgIpc) is 2.75. The number of hydrogen-bond donors (Lipinski definition) is 1. The minimum Gasteiger partial charge on any atom is -0.465 e. The van der Waals surface area contributed by atoms with E-state index in [4.69, 9.17) is 4.74 Å². The van der Waals surface area contributed by atoms with Crippen molar-refractivity contribution < 1.29 is 23.9 Å². The summed E-state index contributed by atoms with van der Waals surface area (Å²) in [4.78, 5) is 35.1. The van der Waals surface area contributed by atoms with Crippen molar-refractivity contribution in [2.24, 2.45) is 0 Å². The van der Waals surface area contributed by atoms with Gasteiger partial charge in [-0.15, -0.1) is 0 Å². The number of benzene rings is 2. The van der Waals surface area contributed by atoms with Crippen molar-refractivity contribution in [3.63, 3.8) is 0 Å². The number of methoxy groups -OCH3 is 1. The molecule has 6 nitrogen and oxygen atoms in total. The van der Waals surface area contributed by atoms with Gasteiger partial charge in [-0.25, -0.2) is 9.59 Å². The third-order valence-corrected chi connectivity index (χ3v) is 4.21. The number of nitrogens with one attached hydrogen (secondary N) is 1. The monoisotopic (exact) mass is 395 g/mol. The molecule has 0 unspecified atom stereocenters. The van der Waals surface area contributed by atoms with Crippen LogP contribution in [0.1, 0.15) is 34.8 Å². The molecule has 0 aromatic heterocycles. The highest BCUT2D eigenvalue weighted by Crippen LogP contribution is 2.08. The molecule has 0 saturated heterocycles. The second-order valence-electron chi connectivity index (χ2n) is 6.55. The van der Waals surface area contributed by atoms with Gasteiger partial charge < -0.3 is 14.8 Å². The van der Waals surface area contributed by atoms with Crippen molar-refractivity contribution in [1.29, 1.82) is 0 Å². The zero-order valence-corrected chi connectivity index (χ0v) is 16.6. The quantitative estimate of drug-likeness (QED) is 0.521. The van der Waals surface area contributed by atoms with Gasteiger partial charge in [0.2, 0.25) is 0 Å². The zero-order chi connectivity index (χ0) is 21.1. The molecule has 2 rings (SSSR count). The van der Waals surface area contributed by atoms with Gasteiger partial charge in [-0.3, -0.25) is 4.79 Å². The third kappa shape index (κ3) is 8.01. The van der Waals surface area contributed by atoms with Crippen LogP contribution in [0, 0.1) is 0 Å². The van der Waals surface area contributed by atoms with Gasteiger partial charge in [0.1, 0.15) is 0 Å². The fourth-order valence-electron chi connectivity index (χ4n) is 2.61. The van der Waals surface area contributed by atoms with Crippen LogP contribution in [0.25, 0.3) is 6.08 Å². The van der Waals surface area contributed by atoms with Crippen LogP contribution in [0.2, 0.25) is 0 Å². The summed E-state index contributed by atoms with van der Waals surface area (Å²) in [5.41, 5.74) is 2.35. The van der Waals surface area contributed by atoms with Gasteiger partial charge in [-0.1, -0.05) is 42.5 Å². The van der Waals surface area contributed by atoms with Gasteiger partial charge in [0.25, 0.3) is 5.91 Å². The van der Waals surface area contributed by atoms with E-state index in [2.05, 4.69) is 10.1 Å². The molecule has 0 aliphatic rings. The molecular weight excluding hydrogens is 370 g/mol. The number of hydrogen-bond acceptors (Lipinski definition) is 5. The van der Waals surface area contributed by atoms with Crippen LogP contribution >= 0.6 is 0 Å². The van der Waals surface area contributed by atoms with Crippen molar-refractivity contribution in [3.8, 4) is 0 Å². The molecule has 1 amide bonds. The molecule has 2 aromatic rings. The molecule has 1 atom stereocenters. The summed E-state index contributed by atoms with van der Waals surface area (Å²) >= 11 is 0. The van der Waals surface area contributed by atoms with Crippen LogP contribution in [-0.2, 0) is 25.5 Å². The largest absolute Gasteiger partial charge is 0.465 e. The lowest BCUT2D eigenvalue weighted by molar-refractivity contribution is -0.144. The first-order chi connectivity index (χ1) is 14.0. The predicted molar refractivity (Wildman–Crippen MR) is 110 cm³/mol. The standard InChI is InChI=1S/C23H25NO5/c1-17(8-9-18-6-4-3-5-7-18)24-21(25)16-29-22(26)15-12-19-10-13-20(14-11-19)23(27)28-2/h3-7,10-15,17H,8-9,16H2,1-2H3,(H,24,25)/b15-12-/t17-/m0/s1. The molecular formula is C23H25NO5. The number of ether oxygens (including phenoxy) is 2. The first-order valence-electron chi connectivity index (χ1n) is 9.34. The van der Waals surface area contributed by atoms with Gasteiger partial charge in [-0.05, 0) is 49.1 Å². The van der Waals surface area contributed by atoms with Crippen LogP contribution in [0.15, 0.2) is 60.7 Å². The summed E-state index contributed by atoms with van der Waals surface area (Å²) < 4.78 is 9.58. The van der Waals surface area contributed by atoms with E-state index in [1.165, 1.54) is 18.7 Å². The van der Waals surface area contributed by atoms with E-state index < -0.39 is 11.9 Å². The summed E-state index contributed by atoms with van der Waals surface area (Å²) in [6.45, 7) is 1.58. The Morgan fingerprint density at radius 3 is 2.38 bits per heavy atom. The van der Waals surface area contributed by atoms with Gasteiger partial charge in [0.15, 0.2) is 6.61 Å². The van der Waals surface area contributed by atoms with E-state index in [-0.39, 0.29) is 18.6 Å². The maximum Gasteiger partial charge on any atom is 0.337 e. The van der Waals surface area contributed by atoms with Crippen molar-refractivity contribution in [2.75, 3.05) is 13.7 Å². The fourth-order valence-corrected chi connectivity index (χ4v) is 2.61. The Hall–Kier alpha value is -3.41. The van der Waals surface area contributed by atoms with E-state index in [0.29, 0.717) is 11.1 Å². The van der Waals surface area contributed by atoms with Crippen molar-refractivity contribution in [1.82, 2.24) is 5.32 Å². The summed E-state index contributed by atoms with van der Waals surface area (Å²) in [5.74, 6) is -1.38. The number of esters is 2. The normalized spacial score (nSPS) is 11.7. The number of rotatable bonds is 9. The molecule has 152 valence electrons. The Kier molecular flexibility index (Phi) is 8.63. The highest BCUT2D eigenvalue weighted by Gasteiger charge is 2.09. The van der Waals surface area contributed by atoms with Crippen LogP contribution in [0.4, 0.5) is 0 Å². The molecule has 0 aliphatic heterocycles. The second-order valence-corrected chi connectivity index (χ2v) is 6.55. The second kappa shape index (κ2) is 11.4. The van der Waals surface area contributed by atoms with Crippen LogP contribution < -0.4 is 5.32 Å². The molecule has 0 saturated carbocycles. The Morgan fingerprint density at radius 2 is 1.72 bits per heavy atom. The summed E-state index contributed by atoms with van der Waals surface area (Å²) in [6.07, 6.45) is 4.44. The molecule has 2 aromatic carbocycles. The van der Waals surface area contributed by atoms with E-state index in [1.54, 1.807) is 30.3 Å². The Labute approximate surface area is 170 Å². The van der Waals surface area contributed by atoms with Gasteiger partial charge in [-0.2, -0.15) is 0 Å². The smallest absolute Gasteiger partial charge is 0.337 e. The Bertz CT molecular complexity index is 843. The first-order valence-corrected chi connectivity index (χ1v) is 9.34. The molecule has 29 heavy (non-hydrogen) atoms. The van der Waals surface area contributed by atoms with E-state index in [1.807, 2.05) is 37.3 Å². The molecule has 6 heteroatoms. The van der Waals surface area contributed by atoms with Gasteiger partial charge in [0, 0.05) is 12.1 Å². The molecule has 0 fully saturated rings. The maximum absolute atomic E-state index is 11.9. The Morgan fingerprint density at radius 1 is 1.03 bits per heavy atom. The summed E-state index contributed by atoms with van der Waals surface area (Å²) in [5, 5.41) is 2.82. The highest BCUT2D eigenvalue weighted by atomic mass is 16.5. The van der Waals surface area contributed by atoms with E-state index in [0.717, 1.165) is 12.8 Å². The van der Waals surface area contributed by atoms with Crippen molar-refractivity contribution in [2.45, 2.75) is 25.8 Å². The molecule has 0 spiro atoms. The lowest BCUT2D eigenvalue weighted by Crippen LogP contribution is -2.36. The molecule has 1 N–H and O–H groups in total. The lowest BCUT2D eigenvalue weighted by atomic mass is 10.1. The average molecular weight is 395 g/mol. The SMILES string of the molecule is COC(=O)c1ccc(/C=C\C(=O)OCC(=O)N[C@@H](C)CCc2ccccc2)cc1. The molecule has 0 radical (unpaired) electrons. The van der Waals surface area contributed by atoms with Gasteiger partial charge >= 0.3 is 11.9 Å². The topological polar surface area (TPSA) is 81.7 Å². The maximum atomic E-state index is 11.9. The summed E-state index contributed by atoms with van der Waals surface area (Å²) in [7, 11) is 1.31. The van der Waals surface area contributed by atoms with Crippen LogP contribution in [0.5, 0.6) is 0 Å². The predicted octanol–water partition coefficient (Wildman–Crippen LogP) is 3.17. The van der Waals surface area contributed by atoms with Crippen molar-refractivity contribution in [3.05, 3.63) is 77.4 Å². The number of carbonyl (C=O) groups excluding carboxylic acids is 3. The van der Waals surface area contributed by atoms with E-state index >= 15 is 0 Å². The van der Waals surface area contributed by atoms with Crippen LogP contribution in [0.3, 0.4) is 0 Å². The zero-order valence-electron chi connectivity index (χ0n) is 16.6. The van der Waals surface area contributed by atoms with E-state index in [9.17, 15) is 14.4 Å². The van der Waals surface area contributed by atoms with Gasteiger partial charge in [0.05, 0.1) is 12.7 Å². The van der Waals surface area contributed by atoms with Crippen molar-refractivity contribution >= 4 is 23.9 Å². The number of amides is 1. The lowest BCUT2D eigenvalue weighted by Gasteiger charge is -2.13. The minimum atomic E-state index is -0.617. The minimum absolute atomic E-state index is 0.0229. The Balaban J connectivity index is 1.70. The fraction of sp³-hybridized carbons (Fsp3) is 0.261.